The molecule has 0 aliphatic carbocycles. The van der Waals surface area contributed by atoms with Gasteiger partial charge in [0.1, 0.15) is 11.4 Å². The fraction of sp³-hybridized carbons (Fsp3) is 0.423. The molecule has 3 heteroatoms. The third-order valence-corrected chi connectivity index (χ3v) is 6.01. The summed E-state index contributed by atoms with van der Waals surface area (Å²) in [6.07, 6.45) is 6.13. The van der Waals surface area contributed by atoms with Crippen molar-refractivity contribution in [1.29, 1.82) is 0 Å². The Morgan fingerprint density at radius 1 is 1.10 bits per heavy atom. The molecule has 1 amide bonds. The third-order valence-electron chi connectivity index (χ3n) is 6.01. The molecule has 1 aliphatic rings. The molecule has 0 aromatic heterocycles. The number of ether oxygens (including phenoxy) is 1. The second-order valence-electron chi connectivity index (χ2n) is 9.00. The quantitative estimate of drug-likeness (QED) is 0.617. The van der Waals surface area contributed by atoms with Crippen molar-refractivity contribution in [2.75, 3.05) is 0 Å². The van der Waals surface area contributed by atoms with Crippen LogP contribution in [0.5, 0.6) is 5.75 Å². The summed E-state index contributed by atoms with van der Waals surface area (Å²) in [5.74, 6) is 0.808. The summed E-state index contributed by atoms with van der Waals surface area (Å²) in [4.78, 5) is 12.7. The summed E-state index contributed by atoms with van der Waals surface area (Å²) in [5, 5.41) is 3.20. The summed E-state index contributed by atoms with van der Waals surface area (Å²) in [5.41, 5.74) is 3.27. The van der Waals surface area contributed by atoms with E-state index in [1.165, 1.54) is 5.56 Å². The van der Waals surface area contributed by atoms with E-state index in [2.05, 4.69) is 64.2 Å². The van der Waals surface area contributed by atoms with Gasteiger partial charge in [0, 0.05) is 18.1 Å². The molecule has 0 bridgehead atoms. The van der Waals surface area contributed by atoms with Crippen LogP contribution < -0.4 is 10.1 Å². The molecule has 3 nitrogen and oxygen atoms in total. The van der Waals surface area contributed by atoms with Crippen molar-refractivity contribution < 1.29 is 9.53 Å². The van der Waals surface area contributed by atoms with Crippen molar-refractivity contribution >= 4 is 12.0 Å². The standard InChI is InChI=1S/C26H33NO2/c1-6-26(7-2)18-22(21-10-8-9-11-23(21)29-26)27-24(28)17-14-19-12-15-20(16-13-19)25(3,4)5/h8-17,22H,6-7,18H2,1-5H3,(H,27,28)/b17-14+/t22-/m1/s1. The van der Waals surface area contributed by atoms with Crippen LogP contribution in [-0.2, 0) is 10.2 Å². The highest BCUT2D eigenvalue weighted by Crippen LogP contribution is 2.42. The van der Waals surface area contributed by atoms with Gasteiger partial charge in [0.2, 0.25) is 5.91 Å². The molecule has 0 fully saturated rings. The molecule has 1 heterocycles. The van der Waals surface area contributed by atoms with Crippen molar-refractivity contribution in [3.8, 4) is 5.75 Å². The molecule has 29 heavy (non-hydrogen) atoms. The fourth-order valence-corrected chi connectivity index (χ4v) is 3.92. The summed E-state index contributed by atoms with van der Waals surface area (Å²) >= 11 is 0. The lowest BCUT2D eigenvalue weighted by Crippen LogP contribution is -2.44. The first-order valence-electron chi connectivity index (χ1n) is 10.6. The Labute approximate surface area is 175 Å². The van der Waals surface area contributed by atoms with E-state index in [9.17, 15) is 4.79 Å². The molecule has 0 saturated heterocycles. The molecule has 0 saturated carbocycles. The number of hydrogen-bond acceptors (Lipinski definition) is 2. The predicted octanol–water partition coefficient (Wildman–Crippen LogP) is 6.20. The first-order valence-corrected chi connectivity index (χ1v) is 10.6. The van der Waals surface area contributed by atoms with E-state index in [1.54, 1.807) is 6.08 Å². The zero-order chi connectivity index (χ0) is 21.1. The van der Waals surface area contributed by atoms with Gasteiger partial charge < -0.3 is 10.1 Å². The van der Waals surface area contributed by atoms with E-state index in [-0.39, 0.29) is 23.0 Å². The Bertz CT molecular complexity index is 870. The maximum absolute atomic E-state index is 12.7. The number of carbonyl (C=O) groups excluding carboxylic acids is 1. The van der Waals surface area contributed by atoms with E-state index in [4.69, 9.17) is 4.74 Å². The minimum Gasteiger partial charge on any atom is -0.487 e. The minimum atomic E-state index is -0.223. The lowest BCUT2D eigenvalue weighted by molar-refractivity contribution is -0.117. The Balaban J connectivity index is 1.73. The summed E-state index contributed by atoms with van der Waals surface area (Å²) in [6, 6.07) is 16.4. The van der Waals surface area contributed by atoms with Gasteiger partial charge in [-0.25, -0.2) is 0 Å². The molecule has 0 spiro atoms. The molecular weight excluding hydrogens is 358 g/mol. The maximum atomic E-state index is 12.7. The second-order valence-corrected chi connectivity index (χ2v) is 9.00. The average molecular weight is 392 g/mol. The van der Waals surface area contributed by atoms with E-state index >= 15 is 0 Å². The van der Waals surface area contributed by atoms with E-state index in [0.717, 1.165) is 36.1 Å². The highest BCUT2D eigenvalue weighted by Gasteiger charge is 2.38. The smallest absolute Gasteiger partial charge is 0.244 e. The monoisotopic (exact) mass is 391 g/mol. The van der Waals surface area contributed by atoms with Crippen LogP contribution in [0.1, 0.15) is 76.6 Å². The Kier molecular flexibility index (Phi) is 6.16. The van der Waals surface area contributed by atoms with Crippen molar-refractivity contribution in [2.45, 2.75) is 70.9 Å². The fourth-order valence-electron chi connectivity index (χ4n) is 3.92. The molecule has 3 rings (SSSR count). The molecule has 0 radical (unpaired) electrons. The van der Waals surface area contributed by atoms with Gasteiger partial charge in [-0.05, 0) is 41.5 Å². The van der Waals surface area contributed by atoms with Gasteiger partial charge in [-0.1, -0.05) is 77.1 Å². The number of hydrogen-bond donors (Lipinski definition) is 1. The van der Waals surface area contributed by atoms with Crippen molar-refractivity contribution in [2.24, 2.45) is 0 Å². The Hall–Kier alpha value is -2.55. The number of amides is 1. The zero-order valence-corrected chi connectivity index (χ0v) is 18.3. The number of nitrogens with one attached hydrogen (secondary N) is 1. The van der Waals surface area contributed by atoms with Crippen molar-refractivity contribution in [1.82, 2.24) is 5.32 Å². The SMILES string of the molecule is CCC1(CC)C[C@@H](NC(=O)/C=C/c2ccc(C(C)(C)C)cc2)c2ccccc2O1. The van der Waals surface area contributed by atoms with Gasteiger partial charge in [0.15, 0.2) is 0 Å². The Morgan fingerprint density at radius 2 is 1.76 bits per heavy atom. The predicted molar refractivity (Wildman–Crippen MR) is 120 cm³/mol. The zero-order valence-electron chi connectivity index (χ0n) is 18.3. The van der Waals surface area contributed by atoms with Crippen LogP contribution in [0.3, 0.4) is 0 Å². The van der Waals surface area contributed by atoms with Crippen molar-refractivity contribution in [3.05, 3.63) is 71.3 Å². The van der Waals surface area contributed by atoms with E-state index < -0.39 is 0 Å². The molecular formula is C26H33NO2. The number of fused-ring (bicyclic) bond motifs is 1. The van der Waals surface area contributed by atoms with E-state index in [1.807, 2.05) is 30.3 Å². The van der Waals surface area contributed by atoms with Crippen molar-refractivity contribution in [3.63, 3.8) is 0 Å². The van der Waals surface area contributed by atoms with Crippen LogP contribution in [0.15, 0.2) is 54.6 Å². The number of carbonyl (C=O) groups is 1. The number of benzene rings is 2. The number of para-hydroxylation sites is 1. The van der Waals surface area contributed by atoms with E-state index in [0.29, 0.717) is 0 Å². The minimum absolute atomic E-state index is 0.0414. The summed E-state index contributed by atoms with van der Waals surface area (Å²) < 4.78 is 6.33. The topological polar surface area (TPSA) is 38.3 Å². The van der Waals surface area contributed by atoms with Gasteiger partial charge in [-0.2, -0.15) is 0 Å². The van der Waals surface area contributed by atoms with Crippen LogP contribution in [0, 0.1) is 0 Å². The van der Waals surface area contributed by atoms with Crippen LogP contribution >= 0.6 is 0 Å². The lowest BCUT2D eigenvalue weighted by atomic mass is 9.83. The number of rotatable bonds is 5. The molecule has 1 atom stereocenters. The lowest BCUT2D eigenvalue weighted by Gasteiger charge is -2.41. The van der Waals surface area contributed by atoms with Crippen LogP contribution in [-0.4, -0.2) is 11.5 Å². The van der Waals surface area contributed by atoms with Crippen LogP contribution in [0.25, 0.3) is 6.08 Å². The first kappa shape index (κ1) is 21.2. The summed E-state index contributed by atoms with van der Waals surface area (Å²) in [7, 11) is 0. The van der Waals surface area contributed by atoms with Gasteiger partial charge in [-0.3, -0.25) is 4.79 Å². The van der Waals surface area contributed by atoms with Crippen LogP contribution in [0.4, 0.5) is 0 Å². The second kappa shape index (κ2) is 8.44. The summed E-state index contributed by atoms with van der Waals surface area (Å²) in [6.45, 7) is 10.9. The largest absolute Gasteiger partial charge is 0.487 e. The highest BCUT2D eigenvalue weighted by atomic mass is 16.5. The van der Waals surface area contributed by atoms with Gasteiger partial charge in [-0.15, -0.1) is 0 Å². The van der Waals surface area contributed by atoms with Gasteiger partial charge in [0.25, 0.3) is 0 Å². The first-order chi connectivity index (χ1) is 13.8. The molecule has 1 N–H and O–H groups in total. The van der Waals surface area contributed by atoms with Crippen LogP contribution in [0.2, 0.25) is 0 Å². The molecule has 154 valence electrons. The molecule has 2 aromatic rings. The molecule has 2 aromatic carbocycles. The normalized spacial score (nSPS) is 18.2. The Morgan fingerprint density at radius 3 is 2.38 bits per heavy atom. The maximum Gasteiger partial charge on any atom is 0.244 e. The molecule has 1 aliphatic heterocycles. The average Bonchev–Trinajstić information content (AvgIpc) is 2.71. The third kappa shape index (κ3) is 4.90. The van der Waals surface area contributed by atoms with Gasteiger partial charge in [0.05, 0.1) is 6.04 Å². The highest BCUT2D eigenvalue weighted by molar-refractivity contribution is 5.92. The van der Waals surface area contributed by atoms with Gasteiger partial charge >= 0.3 is 0 Å². The molecule has 0 unspecified atom stereocenters.